The van der Waals surface area contributed by atoms with E-state index in [0.717, 1.165) is 12.8 Å². The molecule has 3 heteroatoms. The number of hydrogen-bond acceptors (Lipinski definition) is 1. The maximum Gasteiger partial charge on any atom is 0.341 e. The van der Waals surface area contributed by atoms with Gasteiger partial charge in [-0.15, -0.1) is 0 Å². The summed E-state index contributed by atoms with van der Waals surface area (Å²) >= 11 is 0. The second-order valence-corrected chi connectivity index (χ2v) is 3.05. The summed E-state index contributed by atoms with van der Waals surface area (Å²) in [6.07, 6.45) is 5.61. The van der Waals surface area contributed by atoms with Crippen molar-refractivity contribution in [2.24, 2.45) is 11.8 Å². The smallest absolute Gasteiger partial charge is 0.341 e. The van der Waals surface area contributed by atoms with Crippen LogP contribution in [0.5, 0.6) is 0 Å². The average Bonchev–Trinajstić information content (AvgIpc) is 2.25. The Balaban J connectivity index is 2.47. The Kier molecular flexibility index (Phi) is 1.26. The van der Waals surface area contributed by atoms with Gasteiger partial charge in [-0.1, -0.05) is 12.2 Å². The minimum atomic E-state index is 0.0301. The number of fused-ring (bicyclic) bond motifs is 2. The molecule has 0 aromatic rings. The summed E-state index contributed by atoms with van der Waals surface area (Å²) in [4.78, 5) is 14.3. The molecule has 0 N–H and O–H groups in total. The number of Topliss-reactive ketones (excluding diaryl/α,β-unsaturated/α-hetero) is 1. The van der Waals surface area contributed by atoms with E-state index in [1.165, 1.54) is 0 Å². The Morgan fingerprint density at radius 3 is 3.09 bits per heavy atom. The van der Waals surface area contributed by atoms with Crippen LogP contribution in [0.15, 0.2) is 12.2 Å². The van der Waals surface area contributed by atoms with E-state index in [2.05, 4.69) is 4.79 Å². The van der Waals surface area contributed by atoms with Crippen molar-refractivity contribution in [2.45, 2.75) is 12.8 Å². The Morgan fingerprint density at radius 1 is 1.64 bits per heavy atom. The van der Waals surface area contributed by atoms with Crippen LogP contribution in [0.3, 0.4) is 0 Å². The fraction of sp³-hybridized carbons (Fsp3) is 0.500. The van der Waals surface area contributed by atoms with Crippen LogP contribution in [0.2, 0.25) is 0 Å². The van der Waals surface area contributed by atoms with E-state index in [1.807, 2.05) is 12.2 Å². The zero-order valence-corrected chi connectivity index (χ0v) is 6.03. The van der Waals surface area contributed by atoms with Crippen LogP contribution in [0.1, 0.15) is 12.8 Å². The first-order chi connectivity index (χ1) is 5.33. The predicted octanol–water partition coefficient (Wildman–Crippen LogP) is 0.822. The maximum atomic E-state index is 11.3. The molecule has 0 spiro atoms. The minimum Gasteiger partial charge on any atom is -0.361 e. The molecule has 2 aliphatic rings. The first-order valence-corrected chi connectivity index (χ1v) is 3.75. The van der Waals surface area contributed by atoms with Crippen molar-refractivity contribution in [2.75, 3.05) is 0 Å². The fourth-order valence-corrected chi connectivity index (χ4v) is 1.82. The molecule has 3 nitrogen and oxygen atoms in total. The third-order valence-corrected chi connectivity index (χ3v) is 2.41. The normalized spacial score (nSPS) is 34.2. The van der Waals surface area contributed by atoms with Gasteiger partial charge in [0, 0.05) is 5.92 Å². The molecule has 56 valence electrons. The van der Waals surface area contributed by atoms with Gasteiger partial charge < -0.3 is 5.53 Å². The van der Waals surface area contributed by atoms with Gasteiger partial charge in [0.1, 0.15) is 0 Å². The molecule has 1 fully saturated rings. The first-order valence-electron chi connectivity index (χ1n) is 3.75. The van der Waals surface area contributed by atoms with Gasteiger partial charge in [-0.3, -0.25) is 4.79 Å². The Bertz CT molecular complexity index is 286. The molecule has 2 rings (SSSR count). The molecule has 0 aromatic heterocycles. The summed E-state index contributed by atoms with van der Waals surface area (Å²) in [7, 11) is 0. The third kappa shape index (κ3) is 0.780. The van der Waals surface area contributed by atoms with Gasteiger partial charge in [-0.05, 0) is 12.8 Å². The molecule has 0 aromatic carbocycles. The van der Waals surface area contributed by atoms with E-state index in [-0.39, 0.29) is 17.6 Å². The van der Waals surface area contributed by atoms with Crippen LogP contribution < -0.4 is 0 Å². The molecule has 2 bridgehead atoms. The molecule has 2 aliphatic carbocycles. The Morgan fingerprint density at radius 2 is 2.45 bits per heavy atom. The fourth-order valence-electron chi connectivity index (χ4n) is 1.82. The molecular weight excluding hydrogens is 140 g/mol. The largest absolute Gasteiger partial charge is 0.361 e. The van der Waals surface area contributed by atoms with Crippen molar-refractivity contribution < 1.29 is 9.58 Å². The van der Waals surface area contributed by atoms with Gasteiger partial charge in [0.05, 0.1) is 5.92 Å². The standard InChI is InChI=1S/C8H8N2O/c9-10-7-5-2-1-3-6(4-5)8(7)11/h1-2,5-6H,3-4H2. The number of carbonyl (C=O) groups excluding carboxylic acids is 1. The quantitative estimate of drug-likeness (QED) is 0.285. The monoisotopic (exact) mass is 148 g/mol. The van der Waals surface area contributed by atoms with E-state index in [0.29, 0.717) is 5.71 Å². The highest BCUT2D eigenvalue weighted by molar-refractivity contribution is 6.41. The van der Waals surface area contributed by atoms with Gasteiger partial charge in [0.25, 0.3) is 0 Å². The average molecular weight is 148 g/mol. The van der Waals surface area contributed by atoms with E-state index >= 15 is 0 Å². The summed E-state index contributed by atoms with van der Waals surface area (Å²) in [5.74, 6) is 0.213. The van der Waals surface area contributed by atoms with Crippen LogP contribution in [-0.4, -0.2) is 16.3 Å². The maximum absolute atomic E-state index is 11.3. The zero-order chi connectivity index (χ0) is 7.84. The van der Waals surface area contributed by atoms with Crippen LogP contribution in [0.25, 0.3) is 5.53 Å². The lowest BCUT2D eigenvalue weighted by Gasteiger charge is -2.05. The molecule has 1 saturated carbocycles. The van der Waals surface area contributed by atoms with Crippen molar-refractivity contribution in [3.05, 3.63) is 17.7 Å². The highest BCUT2D eigenvalue weighted by Crippen LogP contribution is 2.32. The summed E-state index contributed by atoms with van der Waals surface area (Å²) in [6.45, 7) is 0. The second kappa shape index (κ2) is 2.14. The van der Waals surface area contributed by atoms with Crippen LogP contribution >= 0.6 is 0 Å². The SMILES string of the molecule is [N-]=[N+]=C1C(=O)C2CC=CC1C2. The number of carbonyl (C=O) groups is 1. The molecule has 0 radical (unpaired) electrons. The lowest BCUT2D eigenvalue weighted by Crippen LogP contribution is -2.15. The summed E-state index contributed by atoms with van der Waals surface area (Å²) in [6, 6.07) is 0. The lowest BCUT2D eigenvalue weighted by molar-refractivity contribution is -0.119. The van der Waals surface area contributed by atoms with Crippen LogP contribution in [0.4, 0.5) is 0 Å². The number of rotatable bonds is 0. The number of ketones is 1. The highest BCUT2D eigenvalue weighted by atomic mass is 16.1. The summed E-state index contributed by atoms with van der Waals surface area (Å²) in [5.41, 5.74) is 8.87. The van der Waals surface area contributed by atoms with E-state index in [4.69, 9.17) is 5.53 Å². The topological polar surface area (TPSA) is 53.5 Å². The molecule has 11 heavy (non-hydrogen) atoms. The zero-order valence-electron chi connectivity index (χ0n) is 6.03. The molecule has 2 unspecified atom stereocenters. The number of allylic oxidation sites excluding steroid dienone is 2. The first kappa shape index (κ1) is 6.50. The molecule has 0 aliphatic heterocycles. The molecule has 0 saturated heterocycles. The third-order valence-electron chi connectivity index (χ3n) is 2.41. The Labute approximate surface area is 64.3 Å². The van der Waals surface area contributed by atoms with E-state index < -0.39 is 0 Å². The van der Waals surface area contributed by atoms with Crippen molar-refractivity contribution in [3.63, 3.8) is 0 Å². The predicted molar refractivity (Wildman–Crippen MR) is 39.0 cm³/mol. The van der Waals surface area contributed by atoms with Gasteiger partial charge in [-0.2, -0.15) is 4.79 Å². The number of nitrogens with zero attached hydrogens (tertiary/aromatic N) is 2. The van der Waals surface area contributed by atoms with Gasteiger partial charge >= 0.3 is 5.71 Å². The molecule has 0 amide bonds. The van der Waals surface area contributed by atoms with Gasteiger partial charge in [0.2, 0.25) is 5.78 Å². The van der Waals surface area contributed by atoms with Crippen molar-refractivity contribution in [3.8, 4) is 0 Å². The van der Waals surface area contributed by atoms with Gasteiger partial charge in [0.15, 0.2) is 0 Å². The van der Waals surface area contributed by atoms with E-state index in [9.17, 15) is 4.79 Å². The highest BCUT2D eigenvalue weighted by Gasteiger charge is 2.45. The van der Waals surface area contributed by atoms with Crippen molar-refractivity contribution in [1.29, 1.82) is 0 Å². The number of hydrogen-bond donors (Lipinski definition) is 0. The van der Waals surface area contributed by atoms with Crippen molar-refractivity contribution in [1.82, 2.24) is 0 Å². The summed E-state index contributed by atoms with van der Waals surface area (Å²) < 4.78 is 0. The molecular formula is C8H8N2O. The molecule has 2 atom stereocenters. The summed E-state index contributed by atoms with van der Waals surface area (Å²) in [5, 5.41) is 0. The lowest BCUT2D eigenvalue weighted by atomic mass is 9.95. The van der Waals surface area contributed by atoms with E-state index in [1.54, 1.807) is 0 Å². The van der Waals surface area contributed by atoms with Crippen LogP contribution in [0, 0.1) is 11.8 Å². The van der Waals surface area contributed by atoms with Crippen LogP contribution in [-0.2, 0) is 4.79 Å². The second-order valence-electron chi connectivity index (χ2n) is 3.05. The van der Waals surface area contributed by atoms with Gasteiger partial charge in [-0.25, -0.2) is 0 Å². The Hall–Kier alpha value is -1.21. The molecule has 0 heterocycles. The minimum absolute atomic E-state index is 0.0301. The van der Waals surface area contributed by atoms with Crippen molar-refractivity contribution >= 4 is 11.5 Å².